The van der Waals surface area contributed by atoms with E-state index in [1.165, 1.54) is 15.6 Å². The van der Waals surface area contributed by atoms with Crippen LogP contribution in [-0.2, 0) is 16.8 Å². The molecule has 3 heterocycles. The van der Waals surface area contributed by atoms with E-state index < -0.39 is 10.0 Å². The fourth-order valence-corrected chi connectivity index (χ4v) is 6.08. The molecule has 0 spiro atoms. The molecule has 0 atom stereocenters. The van der Waals surface area contributed by atoms with E-state index in [4.69, 9.17) is 16.3 Å². The zero-order valence-electron chi connectivity index (χ0n) is 16.8. The van der Waals surface area contributed by atoms with E-state index in [0.29, 0.717) is 33.8 Å². The maximum absolute atomic E-state index is 12.8. The van der Waals surface area contributed by atoms with E-state index in [2.05, 4.69) is 5.10 Å². The summed E-state index contributed by atoms with van der Waals surface area (Å²) in [5, 5.41) is 6.68. The molecule has 0 unspecified atom stereocenters. The molecule has 0 aliphatic carbocycles. The van der Waals surface area contributed by atoms with Crippen molar-refractivity contribution >= 4 is 38.9 Å². The van der Waals surface area contributed by atoms with Crippen molar-refractivity contribution in [3.05, 3.63) is 64.3 Å². The number of halogens is 1. The molecule has 164 valence electrons. The number of rotatable bonds is 6. The zero-order valence-corrected chi connectivity index (χ0v) is 19.2. The van der Waals surface area contributed by atoms with Crippen molar-refractivity contribution in [1.29, 1.82) is 0 Å². The predicted molar refractivity (Wildman–Crippen MR) is 118 cm³/mol. The Morgan fingerprint density at radius 3 is 2.65 bits per heavy atom. The molecule has 1 aliphatic rings. The Morgan fingerprint density at radius 1 is 1.19 bits per heavy atom. The average Bonchev–Trinajstić information content (AvgIpc) is 3.45. The Balaban J connectivity index is 1.34. The second kappa shape index (κ2) is 8.99. The SMILES string of the molecule is Cc1cc(Cl)ccc1OCn1ccc(C(=O)N2CCN(S(=O)(=O)c3cccs3)CC2)n1. The van der Waals surface area contributed by atoms with E-state index in [9.17, 15) is 13.2 Å². The van der Waals surface area contributed by atoms with Crippen molar-refractivity contribution in [2.75, 3.05) is 26.2 Å². The zero-order chi connectivity index (χ0) is 22.0. The van der Waals surface area contributed by atoms with Crippen LogP contribution in [0.25, 0.3) is 0 Å². The molecular weight excluding hydrogens is 460 g/mol. The molecule has 31 heavy (non-hydrogen) atoms. The van der Waals surface area contributed by atoms with Gasteiger partial charge in [0.2, 0.25) is 0 Å². The van der Waals surface area contributed by atoms with Crippen LogP contribution in [0.1, 0.15) is 16.1 Å². The predicted octanol–water partition coefficient (Wildman–Crippen LogP) is 3.09. The third kappa shape index (κ3) is 4.77. The molecule has 8 nitrogen and oxygen atoms in total. The molecule has 0 radical (unpaired) electrons. The Bertz CT molecular complexity index is 1170. The van der Waals surface area contributed by atoms with Crippen LogP contribution in [-0.4, -0.2) is 59.5 Å². The minimum absolute atomic E-state index is 0.155. The normalized spacial score (nSPS) is 15.2. The third-order valence-corrected chi connectivity index (χ3v) is 8.47. The molecule has 11 heteroatoms. The Labute approximate surface area is 189 Å². The number of nitrogens with zero attached hydrogens (tertiary/aromatic N) is 4. The molecule has 3 aromatic rings. The van der Waals surface area contributed by atoms with Crippen LogP contribution in [0.3, 0.4) is 0 Å². The van der Waals surface area contributed by atoms with Gasteiger partial charge >= 0.3 is 0 Å². The van der Waals surface area contributed by atoms with E-state index in [-0.39, 0.29) is 25.7 Å². The number of carbonyl (C=O) groups is 1. The number of sulfonamides is 1. The number of hydrogen-bond acceptors (Lipinski definition) is 6. The number of ether oxygens (including phenoxy) is 1. The van der Waals surface area contributed by atoms with Gasteiger partial charge in [-0.15, -0.1) is 11.3 Å². The van der Waals surface area contributed by atoms with E-state index in [0.717, 1.165) is 5.56 Å². The van der Waals surface area contributed by atoms with Gasteiger partial charge in [0.1, 0.15) is 9.96 Å². The highest BCUT2D eigenvalue weighted by Gasteiger charge is 2.31. The van der Waals surface area contributed by atoms with Gasteiger partial charge in [-0.2, -0.15) is 9.40 Å². The van der Waals surface area contributed by atoms with Gasteiger partial charge in [0, 0.05) is 37.4 Å². The van der Waals surface area contributed by atoms with Crippen LogP contribution in [0.5, 0.6) is 5.75 Å². The molecule has 4 rings (SSSR count). The first-order valence-electron chi connectivity index (χ1n) is 9.60. The van der Waals surface area contributed by atoms with Crippen molar-refractivity contribution < 1.29 is 17.9 Å². The summed E-state index contributed by atoms with van der Waals surface area (Å²) >= 11 is 7.15. The number of carbonyl (C=O) groups excluding carboxylic acids is 1. The van der Waals surface area contributed by atoms with Crippen molar-refractivity contribution in [2.24, 2.45) is 0 Å². The van der Waals surface area contributed by atoms with E-state index >= 15 is 0 Å². The van der Waals surface area contributed by atoms with Gasteiger partial charge in [-0.25, -0.2) is 13.1 Å². The van der Waals surface area contributed by atoms with Gasteiger partial charge in [-0.1, -0.05) is 17.7 Å². The number of hydrogen-bond donors (Lipinski definition) is 0. The highest BCUT2D eigenvalue weighted by Crippen LogP contribution is 2.23. The lowest BCUT2D eigenvalue weighted by Crippen LogP contribution is -2.50. The average molecular weight is 481 g/mol. The minimum Gasteiger partial charge on any atom is -0.471 e. The first-order valence-corrected chi connectivity index (χ1v) is 12.3. The fraction of sp³-hybridized carbons (Fsp3) is 0.300. The summed E-state index contributed by atoms with van der Waals surface area (Å²) in [5.41, 5.74) is 1.21. The number of piperazine rings is 1. The highest BCUT2D eigenvalue weighted by atomic mass is 35.5. The highest BCUT2D eigenvalue weighted by molar-refractivity contribution is 7.91. The number of benzene rings is 1. The topological polar surface area (TPSA) is 84.7 Å². The lowest BCUT2D eigenvalue weighted by atomic mass is 10.2. The van der Waals surface area contributed by atoms with E-state index in [1.54, 1.807) is 51.5 Å². The van der Waals surface area contributed by atoms with E-state index in [1.807, 2.05) is 13.0 Å². The lowest BCUT2D eigenvalue weighted by molar-refractivity contribution is 0.0690. The summed E-state index contributed by atoms with van der Waals surface area (Å²) in [6.07, 6.45) is 1.68. The molecule has 1 aliphatic heterocycles. The molecule has 1 amide bonds. The quantitative estimate of drug-likeness (QED) is 0.541. The molecule has 1 aromatic carbocycles. The standard InChI is InChI=1S/C20H21ClN4O4S2/c1-15-13-16(21)4-5-18(15)29-14-24-7-6-17(22-24)20(26)23-8-10-25(11-9-23)31(27,28)19-3-2-12-30-19/h2-7,12-13H,8-11,14H2,1H3. The number of amides is 1. The van der Waals surface area contributed by atoms with Crippen molar-refractivity contribution in [3.63, 3.8) is 0 Å². The maximum Gasteiger partial charge on any atom is 0.274 e. The number of aryl methyl sites for hydroxylation is 1. The van der Waals surface area contributed by atoms with Gasteiger partial charge in [0.05, 0.1) is 0 Å². The maximum atomic E-state index is 12.8. The summed E-state index contributed by atoms with van der Waals surface area (Å²) in [4.78, 5) is 14.4. The van der Waals surface area contributed by atoms with Crippen LogP contribution in [0, 0.1) is 6.92 Å². The molecule has 0 bridgehead atoms. The molecule has 2 aromatic heterocycles. The molecular formula is C20H21ClN4O4S2. The summed E-state index contributed by atoms with van der Waals surface area (Å²) in [6, 6.07) is 10.3. The minimum atomic E-state index is -3.50. The van der Waals surface area contributed by atoms with Crippen LogP contribution in [0.2, 0.25) is 5.02 Å². The number of aromatic nitrogens is 2. The van der Waals surface area contributed by atoms with Crippen LogP contribution in [0.15, 0.2) is 52.2 Å². The van der Waals surface area contributed by atoms with Gasteiger partial charge < -0.3 is 9.64 Å². The number of thiophene rings is 1. The molecule has 1 fully saturated rings. The van der Waals surface area contributed by atoms with Crippen molar-refractivity contribution in [1.82, 2.24) is 19.0 Å². The molecule has 0 saturated carbocycles. The largest absolute Gasteiger partial charge is 0.471 e. The van der Waals surface area contributed by atoms with Crippen LogP contribution >= 0.6 is 22.9 Å². The Hall–Kier alpha value is -2.40. The third-order valence-electron chi connectivity index (χ3n) is 4.96. The summed E-state index contributed by atoms with van der Waals surface area (Å²) in [7, 11) is -3.50. The summed E-state index contributed by atoms with van der Waals surface area (Å²) in [5.74, 6) is 0.463. The fourth-order valence-electron chi connectivity index (χ4n) is 3.29. The smallest absolute Gasteiger partial charge is 0.274 e. The Kier molecular flexibility index (Phi) is 6.33. The summed E-state index contributed by atoms with van der Waals surface area (Å²) in [6.45, 7) is 3.20. The monoisotopic (exact) mass is 480 g/mol. The first-order chi connectivity index (χ1) is 14.8. The second-order valence-corrected chi connectivity index (χ2v) is 10.6. The van der Waals surface area contributed by atoms with Gasteiger partial charge in [0.25, 0.3) is 15.9 Å². The molecule has 0 N–H and O–H groups in total. The lowest BCUT2D eigenvalue weighted by Gasteiger charge is -2.33. The second-order valence-electron chi connectivity index (χ2n) is 7.05. The van der Waals surface area contributed by atoms with Crippen molar-refractivity contribution in [3.8, 4) is 5.75 Å². The Morgan fingerprint density at radius 2 is 1.97 bits per heavy atom. The van der Waals surface area contributed by atoms with Crippen LogP contribution in [0.4, 0.5) is 0 Å². The van der Waals surface area contributed by atoms with Crippen LogP contribution < -0.4 is 4.74 Å². The summed E-state index contributed by atoms with van der Waals surface area (Å²) < 4.78 is 34.3. The molecule has 1 saturated heterocycles. The van der Waals surface area contributed by atoms with Crippen molar-refractivity contribution in [2.45, 2.75) is 17.9 Å². The van der Waals surface area contributed by atoms with Gasteiger partial charge in [0.15, 0.2) is 12.4 Å². The first kappa shape index (κ1) is 21.8. The van der Waals surface area contributed by atoms with Gasteiger partial charge in [-0.3, -0.25) is 4.79 Å². The van der Waals surface area contributed by atoms with Gasteiger partial charge in [-0.05, 0) is 48.2 Å².